The molecule has 0 saturated carbocycles. The average molecular weight is 297 g/mol. The third-order valence-corrected chi connectivity index (χ3v) is 4.93. The predicted octanol–water partition coefficient (Wildman–Crippen LogP) is 2.29. The highest BCUT2D eigenvalue weighted by Crippen LogP contribution is 2.26. The number of aromatic nitrogens is 1. The lowest BCUT2D eigenvalue weighted by Crippen LogP contribution is -2.33. The molecule has 2 heterocycles. The van der Waals surface area contributed by atoms with Gasteiger partial charge in [0.1, 0.15) is 0 Å². The van der Waals surface area contributed by atoms with Gasteiger partial charge in [0.05, 0.1) is 0 Å². The van der Waals surface area contributed by atoms with Crippen molar-refractivity contribution in [2.24, 2.45) is 5.92 Å². The summed E-state index contributed by atoms with van der Waals surface area (Å²) in [6.45, 7) is 3.11. The van der Waals surface area contributed by atoms with Crippen molar-refractivity contribution < 1.29 is 9.90 Å². The molecule has 1 aromatic rings. The fourth-order valence-corrected chi connectivity index (χ4v) is 3.43. The zero-order valence-corrected chi connectivity index (χ0v) is 13.0. The van der Waals surface area contributed by atoms with Crippen molar-refractivity contribution in [2.75, 3.05) is 32.1 Å². The van der Waals surface area contributed by atoms with E-state index in [1.54, 1.807) is 11.3 Å². The second kappa shape index (κ2) is 7.04. The first-order chi connectivity index (χ1) is 9.54. The van der Waals surface area contributed by atoms with Gasteiger partial charge in [-0.15, -0.1) is 11.3 Å². The van der Waals surface area contributed by atoms with Gasteiger partial charge in [-0.25, -0.2) is 4.98 Å². The van der Waals surface area contributed by atoms with E-state index in [2.05, 4.69) is 9.88 Å². The first kappa shape index (κ1) is 15.3. The van der Waals surface area contributed by atoms with Gasteiger partial charge in [0.15, 0.2) is 5.13 Å². The zero-order chi connectivity index (χ0) is 14.5. The predicted molar refractivity (Wildman–Crippen MR) is 81.3 cm³/mol. The lowest BCUT2D eigenvalue weighted by atomic mass is 9.92. The molecule has 0 atom stereocenters. The second-order valence-corrected chi connectivity index (χ2v) is 6.75. The zero-order valence-electron chi connectivity index (χ0n) is 12.2. The summed E-state index contributed by atoms with van der Waals surface area (Å²) in [5.41, 5.74) is 0. The molecular formula is C14H23N3O2S. The number of hydrogen-bond donors (Lipinski definition) is 1. The van der Waals surface area contributed by atoms with Gasteiger partial charge in [0, 0.05) is 38.1 Å². The molecule has 112 valence electrons. The highest BCUT2D eigenvalue weighted by atomic mass is 32.1. The van der Waals surface area contributed by atoms with E-state index in [4.69, 9.17) is 5.11 Å². The minimum atomic E-state index is -0.673. The topological polar surface area (TPSA) is 56.7 Å². The minimum absolute atomic E-state index is 0.311. The molecule has 0 unspecified atom stereocenters. The molecule has 1 N–H and O–H groups in total. The maximum atomic E-state index is 10.6. The van der Waals surface area contributed by atoms with Gasteiger partial charge >= 0.3 is 5.97 Å². The fourth-order valence-electron chi connectivity index (χ4n) is 2.56. The molecule has 2 rings (SSSR count). The SMILES string of the molecule is CN(C)c1ncc(CN2CCC(CCC(=O)O)CC2)s1. The van der Waals surface area contributed by atoms with E-state index in [-0.39, 0.29) is 0 Å². The Balaban J connectivity index is 1.74. The van der Waals surface area contributed by atoms with E-state index in [1.165, 1.54) is 4.88 Å². The molecular weight excluding hydrogens is 274 g/mol. The van der Waals surface area contributed by atoms with Crippen LogP contribution in [-0.2, 0) is 11.3 Å². The van der Waals surface area contributed by atoms with Gasteiger partial charge < -0.3 is 10.0 Å². The van der Waals surface area contributed by atoms with E-state index in [1.807, 2.05) is 25.2 Å². The largest absolute Gasteiger partial charge is 0.481 e. The number of piperidine rings is 1. The second-order valence-electron chi connectivity index (χ2n) is 5.66. The van der Waals surface area contributed by atoms with Crippen LogP contribution >= 0.6 is 11.3 Å². The van der Waals surface area contributed by atoms with E-state index in [9.17, 15) is 4.79 Å². The average Bonchev–Trinajstić information content (AvgIpc) is 2.86. The summed E-state index contributed by atoms with van der Waals surface area (Å²) in [7, 11) is 4.02. The monoisotopic (exact) mass is 297 g/mol. The van der Waals surface area contributed by atoms with Crippen molar-refractivity contribution in [1.29, 1.82) is 0 Å². The molecule has 1 aromatic heterocycles. The summed E-state index contributed by atoms with van der Waals surface area (Å²) in [5, 5.41) is 9.77. The first-order valence-corrected chi connectivity index (χ1v) is 7.92. The molecule has 6 heteroatoms. The lowest BCUT2D eigenvalue weighted by molar-refractivity contribution is -0.137. The van der Waals surface area contributed by atoms with E-state index < -0.39 is 5.97 Å². The van der Waals surface area contributed by atoms with Crippen LogP contribution in [-0.4, -0.2) is 48.1 Å². The van der Waals surface area contributed by atoms with Crippen molar-refractivity contribution in [1.82, 2.24) is 9.88 Å². The molecule has 0 aliphatic carbocycles. The van der Waals surface area contributed by atoms with Crippen molar-refractivity contribution in [2.45, 2.75) is 32.2 Å². The molecule has 1 aliphatic rings. The number of carbonyl (C=O) groups is 1. The third-order valence-electron chi connectivity index (χ3n) is 3.78. The van der Waals surface area contributed by atoms with Crippen LogP contribution in [0, 0.1) is 5.92 Å². The maximum Gasteiger partial charge on any atom is 0.303 e. The highest BCUT2D eigenvalue weighted by molar-refractivity contribution is 7.15. The summed E-state index contributed by atoms with van der Waals surface area (Å²) in [5.74, 6) is -0.0885. The molecule has 0 amide bonds. The highest BCUT2D eigenvalue weighted by Gasteiger charge is 2.20. The van der Waals surface area contributed by atoms with Crippen molar-refractivity contribution in [3.8, 4) is 0 Å². The lowest BCUT2D eigenvalue weighted by Gasteiger charge is -2.31. The van der Waals surface area contributed by atoms with Crippen LogP contribution in [0.25, 0.3) is 0 Å². The minimum Gasteiger partial charge on any atom is -0.481 e. The molecule has 1 aliphatic heterocycles. The summed E-state index contributed by atoms with van der Waals surface area (Å²) < 4.78 is 0. The number of aliphatic carboxylic acids is 1. The standard InChI is InChI=1S/C14H23N3O2S/c1-16(2)14-15-9-12(20-14)10-17-7-5-11(6-8-17)3-4-13(18)19/h9,11H,3-8,10H2,1-2H3,(H,18,19). The Bertz CT molecular complexity index is 439. The normalized spacial score (nSPS) is 17.3. The van der Waals surface area contributed by atoms with Gasteiger partial charge in [-0.2, -0.15) is 0 Å². The molecule has 0 aromatic carbocycles. The van der Waals surface area contributed by atoms with Crippen LogP contribution in [0.4, 0.5) is 5.13 Å². The Morgan fingerprint density at radius 2 is 2.20 bits per heavy atom. The van der Waals surface area contributed by atoms with Crippen LogP contribution in [0.15, 0.2) is 6.20 Å². The number of carboxylic acids is 1. The van der Waals surface area contributed by atoms with E-state index in [0.717, 1.165) is 44.0 Å². The van der Waals surface area contributed by atoms with Crippen LogP contribution < -0.4 is 4.90 Å². The Kier molecular flexibility index (Phi) is 5.37. The summed E-state index contributed by atoms with van der Waals surface area (Å²) in [6, 6.07) is 0. The van der Waals surface area contributed by atoms with Crippen molar-refractivity contribution in [3.63, 3.8) is 0 Å². The van der Waals surface area contributed by atoms with Gasteiger partial charge in [-0.1, -0.05) is 0 Å². The summed E-state index contributed by atoms with van der Waals surface area (Å²) in [4.78, 5) is 20.8. The molecule has 20 heavy (non-hydrogen) atoms. The molecule has 0 bridgehead atoms. The van der Waals surface area contributed by atoms with E-state index >= 15 is 0 Å². The number of hydrogen-bond acceptors (Lipinski definition) is 5. The van der Waals surface area contributed by atoms with Gasteiger partial charge in [-0.3, -0.25) is 9.69 Å². The number of likely N-dealkylation sites (tertiary alicyclic amines) is 1. The molecule has 0 radical (unpaired) electrons. The molecule has 0 spiro atoms. The van der Waals surface area contributed by atoms with Crippen molar-refractivity contribution >= 4 is 22.4 Å². The fraction of sp³-hybridized carbons (Fsp3) is 0.714. The number of thiazole rings is 1. The van der Waals surface area contributed by atoms with E-state index in [0.29, 0.717) is 12.3 Å². The van der Waals surface area contributed by atoms with Gasteiger partial charge in [0.25, 0.3) is 0 Å². The number of carboxylic acid groups (broad SMARTS) is 1. The molecule has 5 nitrogen and oxygen atoms in total. The molecule has 1 saturated heterocycles. The van der Waals surface area contributed by atoms with Gasteiger partial charge in [0.2, 0.25) is 0 Å². The Morgan fingerprint density at radius 3 is 2.75 bits per heavy atom. The van der Waals surface area contributed by atoms with Crippen LogP contribution in [0.5, 0.6) is 0 Å². The van der Waals surface area contributed by atoms with Crippen LogP contribution in [0.2, 0.25) is 0 Å². The third kappa shape index (κ3) is 4.45. The maximum absolute atomic E-state index is 10.6. The number of nitrogens with zero attached hydrogens (tertiary/aromatic N) is 3. The Labute approximate surface area is 124 Å². The first-order valence-electron chi connectivity index (χ1n) is 7.11. The summed E-state index contributed by atoms with van der Waals surface area (Å²) >= 11 is 1.75. The van der Waals surface area contributed by atoms with Crippen LogP contribution in [0.1, 0.15) is 30.6 Å². The van der Waals surface area contributed by atoms with Crippen LogP contribution in [0.3, 0.4) is 0 Å². The quantitative estimate of drug-likeness (QED) is 0.873. The van der Waals surface area contributed by atoms with Crippen molar-refractivity contribution in [3.05, 3.63) is 11.1 Å². The number of anilines is 1. The smallest absolute Gasteiger partial charge is 0.303 e. The number of rotatable bonds is 6. The Morgan fingerprint density at radius 1 is 1.50 bits per heavy atom. The molecule has 1 fully saturated rings. The Hall–Kier alpha value is -1.14. The van der Waals surface area contributed by atoms with Gasteiger partial charge in [-0.05, 0) is 38.3 Å². The summed E-state index contributed by atoms with van der Waals surface area (Å²) in [6.07, 6.45) is 5.34.